The molecule has 3 atom stereocenters. The smallest absolute Gasteiger partial charge is 0.261 e. The molecule has 0 amide bonds. The molecular weight excluding hydrogens is 468 g/mol. The van der Waals surface area contributed by atoms with Crippen molar-refractivity contribution in [3.8, 4) is 5.88 Å². The number of sulfonamides is 1. The second-order valence-corrected chi connectivity index (χ2v) is 10.9. The molecule has 0 radical (unpaired) electrons. The molecule has 0 aliphatic carbocycles. The maximum Gasteiger partial charge on any atom is 0.261 e. The lowest BCUT2D eigenvalue weighted by atomic mass is 9.83. The van der Waals surface area contributed by atoms with Crippen LogP contribution in [0, 0.1) is 6.92 Å². The lowest BCUT2D eigenvalue weighted by Gasteiger charge is -2.49. The lowest BCUT2D eigenvalue weighted by molar-refractivity contribution is 0.109. The minimum absolute atomic E-state index is 0.0859. The number of aromatic amines is 1. The Bertz CT molecular complexity index is 1270. The van der Waals surface area contributed by atoms with Crippen LogP contribution in [-0.4, -0.2) is 70.2 Å². The van der Waals surface area contributed by atoms with E-state index in [0.29, 0.717) is 36.3 Å². The van der Waals surface area contributed by atoms with Gasteiger partial charge in [-0.1, -0.05) is 12.5 Å². The fraction of sp³-hybridized carbons (Fsp3) is 0.478. The second kappa shape index (κ2) is 9.42. The second-order valence-electron chi connectivity index (χ2n) is 9.13. The van der Waals surface area contributed by atoms with E-state index < -0.39 is 10.0 Å². The van der Waals surface area contributed by atoms with Crippen molar-refractivity contribution < 1.29 is 13.2 Å². The van der Waals surface area contributed by atoms with E-state index in [9.17, 15) is 8.42 Å². The number of H-pyrrole nitrogens is 1. The Morgan fingerprint density at radius 1 is 1.14 bits per heavy atom. The van der Waals surface area contributed by atoms with E-state index in [1.807, 2.05) is 24.9 Å². The third kappa shape index (κ3) is 4.67. The van der Waals surface area contributed by atoms with Gasteiger partial charge in [0.1, 0.15) is 5.82 Å². The van der Waals surface area contributed by atoms with E-state index >= 15 is 0 Å². The van der Waals surface area contributed by atoms with Crippen molar-refractivity contribution >= 4 is 27.6 Å². The number of hydrogen-bond donors (Lipinski definition) is 2. The van der Waals surface area contributed by atoms with Crippen LogP contribution in [0.2, 0.25) is 0 Å². The first-order chi connectivity index (χ1) is 16.8. The normalized spacial score (nSPS) is 22.5. The molecule has 5 rings (SSSR count). The summed E-state index contributed by atoms with van der Waals surface area (Å²) in [5.41, 5.74) is 0.935. The molecule has 11 nitrogen and oxygen atoms in total. The van der Waals surface area contributed by atoms with Gasteiger partial charge in [-0.05, 0) is 44.7 Å². The summed E-state index contributed by atoms with van der Waals surface area (Å²) in [5.74, 6) is 2.18. The quantitative estimate of drug-likeness (QED) is 0.505. The Balaban J connectivity index is 1.38. The van der Waals surface area contributed by atoms with Gasteiger partial charge < -0.3 is 15.0 Å². The highest BCUT2D eigenvalue weighted by Crippen LogP contribution is 2.40. The topological polar surface area (TPSA) is 129 Å². The molecule has 2 saturated heterocycles. The number of piperidine rings is 2. The summed E-state index contributed by atoms with van der Waals surface area (Å²) in [6.45, 7) is 1.93. The van der Waals surface area contributed by atoms with E-state index in [1.54, 1.807) is 35.7 Å². The zero-order valence-corrected chi connectivity index (χ0v) is 20.9. The standard InChI is InChI=1S/C23H30N8O3S/c1-15-11-20(29-28-15)25-19-14-21(34-3)27-23(26-19)30(2)18-12-16-7-6-8-17(13-18)31(16)35(32,33)22-9-4-5-10-24-22/h4-5,9-11,14,16-18H,6-8,12-13H2,1-3H3,(H2,25,26,27,28,29)/t16-,17+,18-. The maximum atomic E-state index is 13.4. The molecule has 2 aliphatic rings. The first kappa shape index (κ1) is 23.5. The van der Waals surface area contributed by atoms with Gasteiger partial charge in [0.25, 0.3) is 10.0 Å². The van der Waals surface area contributed by atoms with Gasteiger partial charge in [0.2, 0.25) is 11.8 Å². The molecule has 2 aliphatic heterocycles. The van der Waals surface area contributed by atoms with Gasteiger partial charge in [-0.3, -0.25) is 5.10 Å². The highest BCUT2D eigenvalue weighted by Gasteiger charge is 2.46. The van der Waals surface area contributed by atoms with Crippen LogP contribution >= 0.6 is 0 Å². The van der Waals surface area contributed by atoms with Gasteiger partial charge in [0.15, 0.2) is 10.8 Å². The Kier molecular flexibility index (Phi) is 6.32. The Labute approximate surface area is 205 Å². The molecule has 12 heteroatoms. The van der Waals surface area contributed by atoms with Gasteiger partial charge in [-0.25, -0.2) is 13.4 Å². The molecule has 3 aromatic rings. The van der Waals surface area contributed by atoms with Crippen molar-refractivity contribution in [2.24, 2.45) is 0 Å². The molecule has 0 saturated carbocycles. The molecule has 0 spiro atoms. The van der Waals surface area contributed by atoms with E-state index in [4.69, 9.17) is 9.72 Å². The number of nitrogens with zero attached hydrogens (tertiary/aromatic N) is 6. The Morgan fingerprint density at radius 3 is 2.54 bits per heavy atom. The minimum Gasteiger partial charge on any atom is -0.481 e. The van der Waals surface area contributed by atoms with Gasteiger partial charge >= 0.3 is 0 Å². The van der Waals surface area contributed by atoms with Crippen LogP contribution in [0.3, 0.4) is 0 Å². The fourth-order valence-electron chi connectivity index (χ4n) is 5.14. The number of hydrogen-bond acceptors (Lipinski definition) is 9. The van der Waals surface area contributed by atoms with E-state index in [1.165, 1.54) is 6.20 Å². The van der Waals surface area contributed by atoms with Gasteiger partial charge in [0.05, 0.1) is 7.11 Å². The molecule has 2 bridgehead atoms. The maximum absolute atomic E-state index is 13.4. The summed E-state index contributed by atoms with van der Waals surface area (Å²) < 4.78 is 34.0. The number of aryl methyl sites for hydroxylation is 1. The summed E-state index contributed by atoms with van der Waals surface area (Å²) in [5, 5.41) is 10.4. The average Bonchev–Trinajstić information content (AvgIpc) is 3.27. The number of fused-ring (bicyclic) bond motifs is 2. The molecule has 2 fully saturated rings. The molecule has 186 valence electrons. The van der Waals surface area contributed by atoms with Crippen LogP contribution in [-0.2, 0) is 10.0 Å². The van der Waals surface area contributed by atoms with Crippen molar-refractivity contribution in [1.82, 2.24) is 29.5 Å². The van der Waals surface area contributed by atoms with Crippen molar-refractivity contribution in [2.45, 2.75) is 62.2 Å². The van der Waals surface area contributed by atoms with E-state index in [2.05, 4.69) is 25.5 Å². The SMILES string of the molecule is COc1cc(Nc2cc(C)[nH]n2)nc(N(C)[C@@H]2C[C@H]3CCC[C@@H](C2)N3S(=O)(=O)c2ccccn2)n1. The predicted octanol–water partition coefficient (Wildman–Crippen LogP) is 2.87. The van der Waals surface area contributed by atoms with Gasteiger partial charge in [-0.15, -0.1) is 0 Å². The number of rotatable bonds is 7. The number of pyridine rings is 1. The monoisotopic (exact) mass is 498 g/mol. The van der Waals surface area contributed by atoms with E-state index in [-0.39, 0.29) is 23.2 Å². The fourth-order valence-corrected chi connectivity index (χ4v) is 6.97. The largest absolute Gasteiger partial charge is 0.481 e. The summed E-state index contributed by atoms with van der Waals surface area (Å²) in [6, 6.07) is 8.54. The third-order valence-electron chi connectivity index (χ3n) is 6.79. The third-order valence-corrected chi connectivity index (χ3v) is 8.71. The van der Waals surface area contributed by atoms with Gasteiger partial charge in [0, 0.05) is 49.2 Å². The molecule has 0 unspecified atom stereocenters. The van der Waals surface area contributed by atoms with Crippen molar-refractivity contribution in [1.29, 1.82) is 0 Å². The van der Waals surface area contributed by atoms with Crippen LogP contribution in [0.4, 0.5) is 17.6 Å². The number of anilines is 3. The van der Waals surface area contributed by atoms with Crippen LogP contribution in [0.5, 0.6) is 5.88 Å². The highest BCUT2D eigenvalue weighted by atomic mass is 32.2. The minimum atomic E-state index is -3.65. The number of aromatic nitrogens is 5. The van der Waals surface area contributed by atoms with Crippen molar-refractivity contribution in [3.05, 3.63) is 42.2 Å². The van der Waals surface area contributed by atoms with Gasteiger partial charge in [-0.2, -0.15) is 19.4 Å². The van der Waals surface area contributed by atoms with Crippen molar-refractivity contribution in [3.63, 3.8) is 0 Å². The average molecular weight is 499 g/mol. The van der Waals surface area contributed by atoms with E-state index in [0.717, 1.165) is 25.0 Å². The zero-order valence-electron chi connectivity index (χ0n) is 20.0. The molecule has 5 heterocycles. The predicted molar refractivity (Wildman–Crippen MR) is 131 cm³/mol. The van der Waals surface area contributed by atoms with Crippen LogP contribution in [0.25, 0.3) is 0 Å². The zero-order chi connectivity index (χ0) is 24.6. The Hall–Kier alpha value is -3.25. The summed E-state index contributed by atoms with van der Waals surface area (Å²) in [4.78, 5) is 15.4. The summed E-state index contributed by atoms with van der Waals surface area (Å²) in [6.07, 6.45) is 5.60. The summed E-state index contributed by atoms with van der Waals surface area (Å²) in [7, 11) is -0.124. The highest BCUT2D eigenvalue weighted by molar-refractivity contribution is 7.89. The molecule has 35 heavy (non-hydrogen) atoms. The van der Waals surface area contributed by atoms with Crippen LogP contribution in [0.15, 0.2) is 41.6 Å². The molecule has 0 aromatic carbocycles. The molecular formula is C23H30N8O3S. The first-order valence-corrected chi connectivity index (χ1v) is 13.2. The number of methoxy groups -OCH3 is 1. The van der Waals surface area contributed by atoms with Crippen LogP contribution in [0.1, 0.15) is 37.8 Å². The number of ether oxygens (including phenoxy) is 1. The number of nitrogens with one attached hydrogen (secondary N) is 2. The van der Waals surface area contributed by atoms with Crippen LogP contribution < -0.4 is 15.0 Å². The Morgan fingerprint density at radius 2 is 1.91 bits per heavy atom. The molecule has 2 N–H and O–H groups in total. The molecule has 3 aromatic heterocycles. The van der Waals surface area contributed by atoms with Crippen molar-refractivity contribution in [2.75, 3.05) is 24.4 Å². The lowest BCUT2D eigenvalue weighted by Crippen LogP contribution is -2.58. The first-order valence-electron chi connectivity index (χ1n) is 11.7. The summed E-state index contributed by atoms with van der Waals surface area (Å²) >= 11 is 0.